The predicted molar refractivity (Wildman–Crippen MR) is 61.4 cm³/mol. The number of phenolic OH excluding ortho intramolecular Hbond substituents is 1. The van der Waals surface area contributed by atoms with Crippen LogP contribution in [-0.2, 0) is 0 Å². The summed E-state index contributed by atoms with van der Waals surface area (Å²) in [7, 11) is 0. The van der Waals surface area contributed by atoms with Crippen LogP contribution in [-0.4, -0.2) is 11.2 Å². The van der Waals surface area contributed by atoms with Crippen LogP contribution in [0.1, 0.15) is 29.2 Å². The van der Waals surface area contributed by atoms with Gasteiger partial charge in [0.2, 0.25) is 0 Å². The van der Waals surface area contributed by atoms with Crippen molar-refractivity contribution in [3.8, 4) is 11.5 Å². The van der Waals surface area contributed by atoms with Gasteiger partial charge in [0.15, 0.2) is 0 Å². The van der Waals surface area contributed by atoms with Crippen molar-refractivity contribution in [1.82, 2.24) is 0 Å². The van der Waals surface area contributed by atoms with E-state index in [1.807, 2.05) is 39.8 Å². The van der Waals surface area contributed by atoms with Crippen molar-refractivity contribution < 1.29 is 9.84 Å². The standard InChI is InChI=1S/C13H16O2/c1-7-5-6-11-10(4)12(14)8(2)9(3)13(11)15-7/h5-7,14H,1-4H3. The molecule has 0 amide bonds. The molecule has 2 rings (SSSR count). The first-order chi connectivity index (χ1) is 7.02. The lowest BCUT2D eigenvalue weighted by Crippen LogP contribution is -2.14. The van der Waals surface area contributed by atoms with Gasteiger partial charge in [-0.3, -0.25) is 0 Å². The molecule has 15 heavy (non-hydrogen) atoms. The number of fused-ring (bicyclic) bond motifs is 1. The molecule has 1 aromatic carbocycles. The number of ether oxygens (including phenoxy) is 1. The van der Waals surface area contributed by atoms with Crippen molar-refractivity contribution in [3.05, 3.63) is 28.3 Å². The van der Waals surface area contributed by atoms with E-state index in [0.717, 1.165) is 28.0 Å². The molecule has 0 aliphatic carbocycles. The molecular formula is C13H16O2. The van der Waals surface area contributed by atoms with Gasteiger partial charge in [0, 0.05) is 11.1 Å². The van der Waals surface area contributed by atoms with E-state index in [0.29, 0.717) is 5.75 Å². The van der Waals surface area contributed by atoms with Crippen LogP contribution < -0.4 is 4.74 Å². The first-order valence-electron chi connectivity index (χ1n) is 5.20. The fourth-order valence-electron chi connectivity index (χ4n) is 1.94. The van der Waals surface area contributed by atoms with E-state index in [9.17, 15) is 5.11 Å². The SMILES string of the molecule is Cc1c(C)c2c(c(C)c1O)C=CC(C)O2. The second-order valence-corrected chi connectivity index (χ2v) is 4.15. The minimum Gasteiger partial charge on any atom is -0.507 e. The van der Waals surface area contributed by atoms with Gasteiger partial charge in [-0.1, -0.05) is 6.08 Å². The molecule has 0 aromatic heterocycles. The highest BCUT2D eigenvalue weighted by Crippen LogP contribution is 2.39. The molecule has 2 nitrogen and oxygen atoms in total. The van der Waals surface area contributed by atoms with E-state index in [4.69, 9.17) is 4.74 Å². The van der Waals surface area contributed by atoms with E-state index in [1.54, 1.807) is 0 Å². The second-order valence-electron chi connectivity index (χ2n) is 4.15. The summed E-state index contributed by atoms with van der Waals surface area (Å²) in [4.78, 5) is 0. The van der Waals surface area contributed by atoms with Gasteiger partial charge in [-0.2, -0.15) is 0 Å². The Morgan fingerprint density at radius 2 is 1.80 bits per heavy atom. The molecule has 1 aromatic rings. The molecule has 1 atom stereocenters. The van der Waals surface area contributed by atoms with Crippen LogP contribution in [0.2, 0.25) is 0 Å². The third-order valence-corrected chi connectivity index (χ3v) is 3.10. The quantitative estimate of drug-likeness (QED) is 0.703. The molecule has 0 spiro atoms. The van der Waals surface area contributed by atoms with Crippen LogP contribution in [0.4, 0.5) is 0 Å². The van der Waals surface area contributed by atoms with Gasteiger partial charge >= 0.3 is 0 Å². The first kappa shape index (κ1) is 10.1. The van der Waals surface area contributed by atoms with Gasteiger partial charge in [-0.25, -0.2) is 0 Å². The lowest BCUT2D eigenvalue weighted by molar-refractivity contribution is 0.263. The zero-order valence-electron chi connectivity index (χ0n) is 9.59. The molecule has 0 saturated carbocycles. The van der Waals surface area contributed by atoms with Gasteiger partial charge in [0.25, 0.3) is 0 Å². The van der Waals surface area contributed by atoms with Crippen molar-refractivity contribution in [2.24, 2.45) is 0 Å². The highest BCUT2D eigenvalue weighted by molar-refractivity contribution is 5.70. The predicted octanol–water partition coefficient (Wildman–Crippen LogP) is 3.11. The normalized spacial score (nSPS) is 18.5. The number of aromatic hydroxyl groups is 1. The fourth-order valence-corrected chi connectivity index (χ4v) is 1.94. The van der Waals surface area contributed by atoms with Crippen LogP contribution >= 0.6 is 0 Å². The van der Waals surface area contributed by atoms with Crippen molar-refractivity contribution in [2.45, 2.75) is 33.8 Å². The summed E-state index contributed by atoms with van der Waals surface area (Å²) in [5.41, 5.74) is 3.85. The van der Waals surface area contributed by atoms with Gasteiger partial charge in [0.05, 0.1) is 0 Å². The van der Waals surface area contributed by atoms with Crippen LogP contribution in [0.3, 0.4) is 0 Å². The number of rotatable bonds is 0. The number of hydrogen-bond acceptors (Lipinski definition) is 2. The lowest BCUT2D eigenvalue weighted by Gasteiger charge is -2.23. The summed E-state index contributed by atoms with van der Waals surface area (Å²) >= 11 is 0. The van der Waals surface area contributed by atoms with Crippen LogP contribution in [0, 0.1) is 20.8 Å². The van der Waals surface area contributed by atoms with Crippen molar-refractivity contribution in [3.63, 3.8) is 0 Å². The summed E-state index contributed by atoms with van der Waals surface area (Å²) in [6, 6.07) is 0. The minimum atomic E-state index is 0.111. The van der Waals surface area contributed by atoms with Gasteiger partial charge in [-0.05, 0) is 44.9 Å². The Balaban J connectivity index is 2.74. The maximum absolute atomic E-state index is 9.92. The summed E-state index contributed by atoms with van der Waals surface area (Å²) in [6.07, 6.45) is 4.15. The molecule has 0 saturated heterocycles. The monoisotopic (exact) mass is 204 g/mol. The Labute approximate surface area is 90.2 Å². The molecule has 0 radical (unpaired) electrons. The molecule has 80 valence electrons. The molecule has 0 fully saturated rings. The molecule has 1 aliphatic heterocycles. The van der Waals surface area contributed by atoms with Gasteiger partial charge < -0.3 is 9.84 Å². The lowest BCUT2D eigenvalue weighted by atomic mass is 9.95. The zero-order valence-corrected chi connectivity index (χ0v) is 9.59. The maximum Gasteiger partial charge on any atom is 0.131 e. The number of phenols is 1. The summed E-state index contributed by atoms with van der Waals surface area (Å²) in [5, 5.41) is 9.92. The third-order valence-electron chi connectivity index (χ3n) is 3.10. The number of benzene rings is 1. The van der Waals surface area contributed by atoms with E-state index >= 15 is 0 Å². The van der Waals surface area contributed by atoms with E-state index < -0.39 is 0 Å². The minimum absolute atomic E-state index is 0.111. The number of hydrogen-bond donors (Lipinski definition) is 1. The molecule has 1 N–H and O–H groups in total. The Kier molecular flexibility index (Phi) is 2.22. The smallest absolute Gasteiger partial charge is 0.131 e. The average molecular weight is 204 g/mol. The Bertz CT molecular complexity index is 445. The zero-order chi connectivity index (χ0) is 11.2. The van der Waals surface area contributed by atoms with Crippen molar-refractivity contribution in [2.75, 3.05) is 0 Å². The van der Waals surface area contributed by atoms with E-state index in [1.165, 1.54) is 0 Å². The second kappa shape index (κ2) is 3.30. The Hall–Kier alpha value is -1.44. The summed E-state index contributed by atoms with van der Waals surface area (Å²) in [5.74, 6) is 1.30. The van der Waals surface area contributed by atoms with Crippen molar-refractivity contribution in [1.29, 1.82) is 0 Å². The molecule has 1 aliphatic rings. The van der Waals surface area contributed by atoms with Crippen molar-refractivity contribution >= 4 is 6.08 Å². The van der Waals surface area contributed by atoms with Gasteiger partial charge in [-0.15, -0.1) is 0 Å². The largest absolute Gasteiger partial charge is 0.507 e. The Morgan fingerprint density at radius 1 is 1.13 bits per heavy atom. The summed E-state index contributed by atoms with van der Waals surface area (Å²) in [6.45, 7) is 7.84. The van der Waals surface area contributed by atoms with E-state index in [-0.39, 0.29) is 6.10 Å². The highest BCUT2D eigenvalue weighted by atomic mass is 16.5. The van der Waals surface area contributed by atoms with Crippen LogP contribution in [0.5, 0.6) is 11.5 Å². The van der Waals surface area contributed by atoms with Crippen LogP contribution in [0.15, 0.2) is 6.08 Å². The first-order valence-corrected chi connectivity index (χ1v) is 5.20. The van der Waals surface area contributed by atoms with Gasteiger partial charge in [0.1, 0.15) is 17.6 Å². The Morgan fingerprint density at radius 3 is 2.47 bits per heavy atom. The summed E-state index contributed by atoms with van der Waals surface area (Å²) < 4.78 is 5.78. The van der Waals surface area contributed by atoms with Crippen LogP contribution in [0.25, 0.3) is 6.08 Å². The van der Waals surface area contributed by atoms with E-state index in [2.05, 4.69) is 0 Å². The molecule has 1 heterocycles. The topological polar surface area (TPSA) is 29.5 Å². The third kappa shape index (κ3) is 1.41. The molecular weight excluding hydrogens is 188 g/mol. The molecule has 0 bridgehead atoms. The molecule has 1 unspecified atom stereocenters. The highest BCUT2D eigenvalue weighted by Gasteiger charge is 2.20. The fraction of sp³-hybridized carbons (Fsp3) is 0.385. The maximum atomic E-state index is 9.92. The molecule has 2 heteroatoms. The average Bonchev–Trinajstić information content (AvgIpc) is 2.23.